The summed E-state index contributed by atoms with van der Waals surface area (Å²) >= 11 is 0. The van der Waals surface area contributed by atoms with Crippen molar-refractivity contribution in [2.45, 2.75) is 24.8 Å². The van der Waals surface area contributed by atoms with Crippen LogP contribution >= 0.6 is 12.4 Å². The second kappa shape index (κ2) is 10.0. The van der Waals surface area contributed by atoms with Crippen LogP contribution in [0.2, 0.25) is 0 Å². The summed E-state index contributed by atoms with van der Waals surface area (Å²) in [6, 6.07) is 14.2. The van der Waals surface area contributed by atoms with E-state index in [1.165, 1.54) is 6.07 Å². The maximum Gasteiger partial charge on any atom is 0.253 e. The molecule has 0 atom stereocenters. The molecule has 0 saturated carbocycles. The van der Waals surface area contributed by atoms with Gasteiger partial charge in [-0.15, -0.1) is 12.4 Å². The summed E-state index contributed by atoms with van der Waals surface area (Å²) in [5.41, 5.74) is 1.90. The van der Waals surface area contributed by atoms with Gasteiger partial charge >= 0.3 is 0 Å². The molecular weight excluding hydrogens is 398 g/mol. The molecule has 1 saturated heterocycles. The quantitative estimate of drug-likeness (QED) is 0.773. The van der Waals surface area contributed by atoms with Crippen molar-refractivity contribution < 1.29 is 13.2 Å². The molecule has 1 aliphatic rings. The number of carbonyl (C=O) groups is 1. The minimum Gasteiger partial charge on any atom is -0.337 e. The number of aryl methyl sites for hydroxylation is 1. The van der Waals surface area contributed by atoms with Crippen molar-refractivity contribution in [1.29, 1.82) is 0 Å². The fourth-order valence-electron chi connectivity index (χ4n) is 3.11. The van der Waals surface area contributed by atoms with Gasteiger partial charge in [-0.1, -0.05) is 36.4 Å². The van der Waals surface area contributed by atoms with Crippen molar-refractivity contribution >= 4 is 28.3 Å². The van der Waals surface area contributed by atoms with Gasteiger partial charge in [-0.3, -0.25) is 4.79 Å². The Morgan fingerprint density at radius 3 is 2.61 bits per heavy atom. The van der Waals surface area contributed by atoms with Gasteiger partial charge in [0.15, 0.2) is 0 Å². The Kier molecular flexibility index (Phi) is 8.00. The predicted molar refractivity (Wildman–Crippen MR) is 112 cm³/mol. The van der Waals surface area contributed by atoms with Crippen LogP contribution in [0.4, 0.5) is 0 Å². The normalized spacial score (nSPS) is 14.8. The molecule has 0 spiro atoms. The number of nitrogens with zero attached hydrogens (tertiary/aromatic N) is 1. The highest BCUT2D eigenvalue weighted by Gasteiger charge is 2.22. The molecule has 6 nitrogen and oxygen atoms in total. The summed E-state index contributed by atoms with van der Waals surface area (Å²) in [6.07, 6.45) is 0.890. The van der Waals surface area contributed by atoms with Crippen LogP contribution in [0.5, 0.6) is 0 Å². The number of halogens is 1. The minimum absolute atomic E-state index is 0. The Morgan fingerprint density at radius 1 is 1.11 bits per heavy atom. The zero-order valence-corrected chi connectivity index (χ0v) is 17.5. The van der Waals surface area contributed by atoms with Crippen LogP contribution in [-0.4, -0.2) is 45.4 Å². The highest BCUT2D eigenvalue weighted by molar-refractivity contribution is 7.89. The first-order valence-electron chi connectivity index (χ1n) is 9.11. The number of rotatable bonds is 5. The smallest absolute Gasteiger partial charge is 0.253 e. The molecule has 0 aliphatic carbocycles. The maximum absolute atomic E-state index is 12.8. The zero-order valence-electron chi connectivity index (χ0n) is 15.8. The fourth-order valence-corrected chi connectivity index (χ4v) is 4.39. The molecule has 1 aliphatic heterocycles. The summed E-state index contributed by atoms with van der Waals surface area (Å²) in [5, 5.41) is 3.26. The number of sulfonamides is 1. The lowest BCUT2D eigenvalue weighted by Crippen LogP contribution is -2.34. The van der Waals surface area contributed by atoms with Gasteiger partial charge in [0, 0.05) is 31.7 Å². The van der Waals surface area contributed by atoms with Crippen LogP contribution in [-0.2, 0) is 16.6 Å². The molecular formula is C20H26ClN3O3S. The number of nitrogens with one attached hydrogen (secondary N) is 2. The van der Waals surface area contributed by atoms with Crippen LogP contribution < -0.4 is 10.0 Å². The molecule has 1 fully saturated rings. The van der Waals surface area contributed by atoms with Crippen LogP contribution in [0.3, 0.4) is 0 Å². The van der Waals surface area contributed by atoms with Gasteiger partial charge in [-0.05, 0) is 43.1 Å². The third-order valence-electron chi connectivity index (χ3n) is 4.66. The number of hydrogen-bond donors (Lipinski definition) is 2. The number of carbonyl (C=O) groups excluding carboxylic acids is 1. The Bertz CT molecular complexity index is 896. The van der Waals surface area contributed by atoms with Gasteiger partial charge in [-0.25, -0.2) is 13.1 Å². The zero-order chi connectivity index (χ0) is 19.3. The molecule has 8 heteroatoms. The van der Waals surface area contributed by atoms with Crippen molar-refractivity contribution in [2.24, 2.45) is 0 Å². The highest BCUT2D eigenvalue weighted by atomic mass is 35.5. The Hall–Kier alpha value is -1.93. The summed E-state index contributed by atoms with van der Waals surface area (Å²) in [5.74, 6) is -0.127. The van der Waals surface area contributed by atoms with Crippen LogP contribution in [0.1, 0.15) is 27.9 Å². The largest absolute Gasteiger partial charge is 0.337 e. The lowest BCUT2D eigenvalue weighted by Gasteiger charge is -2.20. The second-order valence-corrected chi connectivity index (χ2v) is 8.42. The van der Waals surface area contributed by atoms with Crippen LogP contribution in [0.25, 0.3) is 0 Å². The highest BCUT2D eigenvalue weighted by Crippen LogP contribution is 2.19. The SMILES string of the molecule is Cc1ccc(C(=O)N2CCCNCC2)cc1S(=O)(=O)NCc1ccccc1.Cl. The topological polar surface area (TPSA) is 78.5 Å². The van der Waals surface area contributed by atoms with E-state index < -0.39 is 10.0 Å². The van der Waals surface area contributed by atoms with E-state index >= 15 is 0 Å². The second-order valence-electron chi connectivity index (χ2n) is 6.69. The molecule has 0 radical (unpaired) electrons. The van der Waals surface area contributed by atoms with E-state index in [2.05, 4.69) is 10.0 Å². The van der Waals surface area contributed by atoms with E-state index in [-0.39, 0.29) is 29.8 Å². The molecule has 1 amide bonds. The monoisotopic (exact) mass is 423 g/mol. The first kappa shape index (κ1) is 22.4. The average molecular weight is 424 g/mol. The average Bonchev–Trinajstić information content (AvgIpc) is 2.96. The van der Waals surface area contributed by atoms with Crippen molar-refractivity contribution in [2.75, 3.05) is 26.2 Å². The summed E-state index contributed by atoms with van der Waals surface area (Å²) in [6.45, 7) is 4.89. The van der Waals surface area contributed by atoms with E-state index in [0.717, 1.165) is 25.1 Å². The first-order valence-corrected chi connectivity index (χ1v) is 10.6. The van der Waals surface area contributed by atoms with Gasteiger partial charge in [0.1, 0.15) is 0 Å². The third kappa shape index (κ3) is 5.54. The van der Waals surface area contributed by atoms with Gasteiger partial charge < -0.3 is 10.2 Å². The van der Waals surface area contributed by atoms with Gasteiger partial charge in [0.05, 0.1) is 4.90 Å². The molecule has 2 N–H and O–H groups in total. The van der Waals surface area contributed by atoms with E-state index in [1.54, 1.807) is 24.0 Å². The van der Waals surface area contributed by atoms with E-state index in [9.17, 15) is 13.2 Å². The molecule has 2 aromatic carbocycles. The molecule has 152 valence electrons. The molecule has 2 aromatic rings. The van der Waals surface area contributed by atoms with E-state index in [4.69, 9.17) is 0 Å². The first-order chi connectivity index (χ1) is 13.0. The van der Waals surface area contributed by atoms with Crippen LogP contribution in [0, 0.1) is 6.92 Å². The van der Waals surface area contributed by atoms with Crippen molar-refractivity contribution in [3.05, 3.63) is 65.2 Å². The Labute approximate surface area is 172 Å². The predicted octanol–water partition coefficient (Wildman–Crippen LogP) is 2.33. The third-order valence-corrected chi connectivity index (χ3v) is 6.20. The van der Waals surface area contributed by atoms with Gasteiger partial charge in [0.25, 0.3) is 5.91 Å². The summed E-state index contributed by atoms with van der Waals surface area (Å²) in [4.78, 5) is 14.7. The maximum atomic E-state index is 12.8. The van der Waals surface area contributed by atoms with Crippen molar-refractivity contribution in [3.63, 3.8) is 0 Å². The number of hydrogen-bond acceptors (Lipinski definition) is 4. The molecule has 3 rings (SSSR count). The van der Waals surface area contributed by atoms with Crippen LogP contribution in [0.15, 0.2) is 53.4 Å². The van der Waals surface area contributed by atoms with Gasteiger partial charge in [-0.2, -0.15) is 0 Å². The molecule has 1 heterocycles. The van der Waals surface area contributed by atoms with E-state index in [0.29, 0.717) is 24.2 Å². The number of amides is 1. The lowest BCUT2D eigenvalue weighted by molar-refractivity contribution is 0.0766. The molecule has 28 heavy (non-hydrogen) atoms. The minimum atomic E-state index is -3.72. The Balaban J connectivity index is 0.00000280. The van der Waals surface area contributed by atoms with Gasteiger partial charge in [0.2, 0.25) is 10.0 Å². The van der Waals surface area contributed by atoms with Crippen molar-refractivity contribution in [1.82, 2.24) is 14.9 Å². The standard InChI is InChI=1S/C20H25N3O3S.ClH/c1-16-8-9-18(20(24)23-12-5-10-21-11-13-23)14-19(16)27(25,26)22-15-17-6-3-2-4-7-17;/h2-4,6-9,14,21-22H,5,10-13,15H2,1H3;1H. The Morgan fingerprint density at radius 2 is 1.86 bits per heavy atom. The lowest BCUT2D eigenvalue weighted by atomic mass is 10.1. The molecule has 0 unspecified atom stereocenters. The molecule has 0 bridgehead atoms. The number of benzene rings is 2. The summed E-state index contributed by atoms with van der Waals surface area (Å²) in [7, 11) is -3.72. The summed E-state index contributed by atoms with van der Waals surface area (Å²) < 4.78 is 28.2. The fraction of sp³-hybridized carbons (Fsp3) is 0.350. The van der Waals surface area contributed by atoms with E-state index in [1.807, 2.05) is 30.3 Å². The molecule has 0 aromatic heterocycles. The van der Waals surface area contributed by atoms with Crippen molar-refractivity contribution in [3.8, 4) is 0 Å².